The summed E-state index contributed by atoms with van der Waals surface area (Å²) in [6, 6.07) is 7.03. The first-order valence-electron chi connectivity index (χ1n) is 5.03. The zero-order valence-electron chi connectivity index (χ0n) is 8.93. The fourth-order valence-corrected chi connectivity index (χ4v) is 1.60. The summed E-state index contributed by atoms with van der Waals surface area (Å²) in [4.78, 5) is 15.4. The van der Waals surface area contributed by atoms with Crippen LogP contribution in [0.15, 0.2) is 30.5 Å². The van der Waals surface area contributed by atoms with Gasteiger partial charge >= 0.3 is 0 Å². The second-order valence-corrected chi connectivity index (χ2v) is 3.33. The van der Waals surface area contributed by atoms with Gasteiger partial charge in [-0.1, -0.05) is 0 Å². The van der Waals surface area contributed by atoms with Gasteiger partial charge in [-0.15, -0.1) is 0 Å². The molecule has 0 saturated heterocycles. The van der Waals surface area contributed by atoms with E-state index < -0.39 is 5.91 Å². The van der Waals surface area contributed by atoms with Crippen molar-refractivity contribution in [1.29, 1.82) is 0 Å². The number of carbonyl (C=O) groups is 1. The smallest absolute Gasteiger partial charge is 0.249 e. The average Bonchev–Trinajstić information content (AvgIpc) is 2.28. The largest absolute Gasteiger partial charge is 0.494 e. The molecule has 0 radical (unpaired) electrons. The number of pyridine rings is 1. The third-order valence-corrected chi connectivity index (χ3v) is 2.29. The lowest BCUT2D eigenvalue weighted by Crippen LogP contribution is -2.11. The van der Waals surface area contributed by atoms with Crippen LogP contribution < -0.4 is 10.5 Å². The molecule has 0 atom stereocenters. The van der Waals surface area contributed by atoms with E-state index in [9.17, 15) is 4.79 Å². The van der Waals surface area contributed by atoms with Crippen molar-refractivity contribution in [2.45, 2.75) is 6.92 Å². The zero-order valence-corrected chi connectivity index (χ0v) is 8.93. The molecule has 2 N–H and O–H groups in total. The highest BCUT2D eigenvalue weighted by atomic mass is 16.5. The normalized spacial score (nSPS) is 10.3. The van der Waals surface area contributed by atoms with Crippen molar-refractivity contribution in [1.82, 2.24) is 4.98 Å². The minimum atomic E-state index is -0.457. The molecule has 2 rings (SSSR count). The van der Waals surface area contributed by atoms with Gasteiger partial charge in [-0.2, -0.15) is 0 Å². The number of ether oxygens (including phenoxy) is 1. The Balaban J connectivity index is 2.63. The number of hydrogen-bond acceptors (Lipinski definition) is 3. The Hall–Kier alpha value is -2.10. The molecular weight excluding hydrogens is 204 g/mol. The number of benzene rings is 1. The van der Waals surface area contributed by atoms with Gasteiger partial charge in [0.15, 0.2) is 0 Å². The van der Waals surface area contributed by atoms with Crippen LogP contribution in [-0.4, -0.2) is 17.5 Å². The van der Waals surface area contributed by atoms with Crippen molar-refractivity contribution in [3.05, 3.63) is 36.0 Å². The van der Waals surface area contributed by atoms with Crippen LogP contribution in [0.1, 0.15) is 17.3 Å². The summed E-state index contributed by atoms with van der Waals surface area (Å²) in [5.74, 6) is 0.256. The molecule has 0 saturated carbocycles. The maximum absolute atomic E-state index is 11.2. The first kappa shape index (κ1) is 10.4. The van der Waals surface area contributed by atoms with Crippen molar-refractivity contribution in [2.24, 2.45) is 5.73 Å². The van der Waals surface area contributed by atoms with Gasteiger partial charge in [-0.3, -0.25) is 9.78 Å². The van der Waals surface area contributed by atoms with E-state index in [4.69, 9.17) is 10.5 Å². The molecule has 0 aliphatic carbocycles. The lowest BCUT2D eigenvalue weighted by Gasteiger charge is -2.06. The summed E-state index contributed by atoms with van der Waals surface area (Å²) >= 11 is 0. The lowest BCUT2D eigenvalue weighted by molar-refractivity contribution is 0.100. The van der Waals surface area contributed by atoms with Gasteiger partial charge in [0, 0.05) is 11.6 Å². The maximum Gasteiger partial charge on any atom is 0.249 e. The molecular formula is C12H12N2O2. The minimum absolute atomic E-state index is 0.457. The molecule has 16 heavy (non-hydrogen) atoms. The van der Waals surface area contributed by atoms with Gasteiger partial charge in [0.1, 0.15) is 5.75 Å². The van der Waals surface area contributed by atoms with E-state index in [1.807, 2.05) is 19.1 Å². The average molecular weight is 216 g/mol. The first-order chi connectivity index (χ1) is 7.72. The van der Waals surface area contributed by atoms with Gasteiger partial charge in [0.2, 0.25) is 5.91 Å². The van der Waals surface area contributed by atoms with E-state index in [0.717, 1.165) is 10.9 Å². The molecule has 2 aromatic rings. The molecule has 4 nitrogen and oxygen atoms in total. The van der Waals surface area contributed by atoms with Crippen molar-refractivity contribution in [3.8, 4) is 5.75 Å². The molecule has 1 aromatic carbocycles. The first-order valence-corrected chi connectivity index (χ1v) is 5.03. The third-order valence-electron chi connectivity index (χ3n) is 2.29. The van der Waals surface area contributed by atoms with Crippen LogP contribution in [0.3, 0.4) is 0 Å². The number of carbonyl (C=O) groups excluding carboxylic acids is 1. The number of hydrogen-bond donors (Lipinski definition) is 1. The van der Waals surface area contributed by atoms with Crippen LogP contribution in [0.2, 0.25) is 0 Å². The maximum atomic E-state index is 11.2. The molecule has 0 unspecified atom stereocenters. The van der Waals surface area contributed by atoms with Crippen LogP contribution in [0.25, 0.3) is 10.9 Å². The summed E-state index contributed by atoms with van der Waals surface area (Å²) in [5.41, 5.74) is 6.50. The minimum Gasteiger partial charge on any atom is -0.494 e. The molecule has 82 valence electrons. The fraction of sp³-hybridized carbons (Fsp3) is 0.167. The standard InChI is InChI=1S/C12H12N2O2/c1-2-16-8-3-4-11-10(7-8)9(12(13)15)5-6-14-11/h3-7H,2H2,1H3,(H2,13,15). The van der Waals surface area contributed by atoms with Crippen molar-refractivity contribution in [2.75, 3.05) is 6.61 Å². The number of aromatic nitrogens is 1. The SMILES string of the molecule is CCOc1ccc2nccc(C(N)=O)c2c1. The van der Waals surface area contributed by atoms with Crippen LogP contribution >= 0.6 is 0 Å². The van der Waals surface area contributed by atoms with E-state index in [1.165, 1.54) is 0 Å². The highest BCUT2D eigenvalue weighted by molar-refractivity contribution is 6.05. The molecule has 0 bridgehead atoms. The Labute approximate surface area is 93.0 Å². The summed E-state index contributed by atoms with van der Waals surface area (Å²) in [7, 11) is 0. The highest BCUT2D eigenvalue weighted by Crippen LogP contribution is 2.22. The quantitative estimate of drug-likeness (QED) is 0.849. The summed E-state index contributed by atoms with van der Waals surface area (Å²) in [6.45, 7) is 2.49. The number of nitrogens with two attached hydrogens (primary N) is 1. The lowest BCUT2D eigenvalue weighted by atomic mass is 10.1. The second-order valence-electron chi connectivity index (χ2n) is 3.33. The topological polar surface area (TPSA) is 65.2 Å². The van der Waals surface area contributed by atoms with Crippen LogP contribution in [0, 0.1) is 0 Å². The number of rotatable bonds is 3. The number of fused-ring (bicyclic) bond motifs is 1. The Bertz CT molecular complexity index is 538. The monoisotopic (exact) mass is 216 g/mol. The Morgan fingerprint density at radius 2 is 2.25 bits per heavy atom. The van der Waals surface area contributed by atoms with Gasteiger partial charge < -0.3 is 10.5 Å². The molecule has 4 heteroatoms. The van der Waals surface area contributed by atoms with E-state index in [-0.39, 0.29) is 0 Å². The molecule has 1 heterocycles. The van der Waals surface area contributed by atoms with Crippen LogP contribution in [-0.2, 0) is 0 Å². The Morgan fingerprint density at radius 3 is 2.94 bits per heavy atom. The molecule has 0 spiro atoms. The predicted octanol–water partition coefficient (Wildman–Crippen LogP) is 1.73. The fourth-order valence-electron chi connectivity index (χ4n) is 1.60. The van der Waals surface area contributed by atoms with E-state index in [0.29, 0.717) is 17.9 Å². The summed E-state index contributed by atoms with van der Waals surface area (Å²) in [5, 5.41) is 0.723. The summed E-state index contributed by atoms with van der Waals surface area (Å²) in [6.07, 6.45) is 1.57. The van der Waals surface area contributed by atoms with Gasteiger partial charge in [-0.05, 0) is 31.2 Å². The van der Waals surface area contributed by atoms with E-state index in [2.05, 4.69) is 4.98 Å². The zero-order chi connectivity index (χ0) is 11.5. The van der Waals surface area contributed by atoms with Gasteiger partial charge in [-0.25, -0.2) is 0 Å². The van der Waals surface area contributed by atoms with Crippen molar-refractivity contribution in [3.63, 3.8) is 0 Å². The Kier molecular flexibility index (Phi) is 2.72. The van der Waals surface area contributed by atoms with Crippen LogP contribution in [0.5, 0.6) is 5.75 Å². The molecule has 0 aliphatic rings. The molecule has 0 fully saturated rings. The number of primary amides is 1. The van der Waals surface area contributed by atoms with E-state index >= 15 is 0 Å². The van der Waals surface area contributed by atoms with Gasteiger partial charge in [0.05, 0.1) is 17.7 Å². The number of nitrogens with zero attached hydrogens (tertiary/aromatic N) is 1. The molecule has 1 aromatic heterocycles. The van der Waals surface area contributed by atoms with Crippen LogP contribution in [0.4, 0.5) is 0 Å². The third kappa shape index (κ3) is 1.82. The van der Waals surface area contributed by atoms with Crippen molar-refractivity contribution >= 4 is 16.8 Å². The molecule has 0 aliphatic heterocycles. The van der Waals surface area contributed by atoms with Gasteiger partial charge in [0.25, 0.3) is 0 Å². The highest BCUT2D eigenvalue weighted by Gasteiger charge is 2.07. The predicted molar refractivity (Wildman–Crippen MR) is 61.4 cm³/mol. The molecule has 1 amide bonds. The number of amides is 1. The summed E-state index contributed by atoms with van der Waals surface area (Å²) < 4.78 is 5.37. The van der Waals surface area contributed by atoms with E-state index in [1.54, 1.807) is 18.3 Å². The second kappa shape index (κ2) is 4.18. The Morgan fingerprint density at radius 1 is 1.44 bits per heavy atom. The van der Waals surface area contributed by atoms with Crippen molar-refractivity contribution < 1.29 is 9.53 Å².